The second-order valence-corrected chi connectivity index (χ2v) is 14.2. The molecule has 0 spiro atoms. The zero-order valence-electron chi connectivity index (χ0n) is 26.7. The van der Waals surface area contributed by atoms with Crippen molar-refractivity contribution < 1.29 is 31.5 Å². The van der Waals surface area contributed by atoms with Crippen LogP contribution < -0.4 is 24.0 Å². The lowest BCUT2D eigenvalue weighted by atomic mass is 9.79. The number of fused-ring (bicyclic) bond motifs is 1. The molecule has 1 unspecified atom stereocenters. The number of hydrogen-bond acceptors (Lipinski definition) is 10. The van der Waals surface area contributed by atoms with Crippen LogP contribution in [-0.2, 0) is 20.4 Å². The van der Waals surface area contributed by atoms with E-state index in [1.807, 2.05) is 24.0 Å². The summed E-state index contributed by atoms with van der Waals surface area (Å²) in [7, 11) is -1.62. The van der Waals surface area contributed by atoms with Gasteiger partial charge in [0.15, 0.2) is 5.54 Å². The van der Waals surface area contributed by atoms with Gasteiger partial charge in [-0.25, -0.2) is 22.1 Å². The first-order valence-corrected chi connectivity index (χ1v) is 17.5. The molecule has 1 aromatic heterocycles. The highest BCUT2D eigenvalue weighted by Gasteiger charge is 2.63. The Morgan fingerprint density at radius 3 is 2.46 bits per heavy atom. The summed E-state index contributed by atoms with van der Waals surface area (Å²) in [6, 6.07) is 11.4. The van der Waals surface area contributed by atoms with Crippen LogP contribution in [0.3, 0.4) is 0 Å². The van der Waals surface area contributed by atoms with Gasteiger partial charge in [-0.2, -0.15) is 0 Å². The van der Waals surface area contributed by atoms with Gasteiger partial charge in [-0.05, 0) is 67.8 Å². The van der Waals surface area contributed by atoms with Crippen LogP contribution in [0.25, 0.3) is 0 Å². The van der Waals surface area contributed by atoms with Gasteiger partial charge in [-0.1, -0.05) is 11.6 Å². The maximum Gasteiger partial charge on any atom is 0.271 e. The minimum atomic E-state index is -4.60. The van der Waals surface area contributed by atoms with Crippen molar-refractivity contribution in [2.45, 2.75) is 36.2 Å². The molecule has 4 aromatic rings. The van der Waals surface area contributed by atoms with Crippen LogP contribution in [0.4, 0.5) is 15.8 Å². The standard InChI is InChI=1S/C34H35ClFN5O6S/c1-21-17-22(39-14-10-37-11-15-39)18-26(31(21)46-3)34(40-13-4-5-29(40)32-38-12-16-47-32)25-19-27(35)28(36)20-30(25)41(33(34)42)48(43,44)24-8-6-23(45-2)7-9-24/h6-9,12,16-20,29,37H,4-5,10-11,13-15H2,1-3H3/t29-,34?/m0/s1. The normalized spacial score (nSPS) is 21.5. The topological polar surface area (TPSA) is 117 Å². The zero-order chi connectivity index (χ0) is 33.8. The van der Waals surface area contributed by atoms with Crippen molar-refractivity contribution in [3.8, 4) is 11.5 Å². The van der Waals surface area contributed by atoms with Gasteiger partial charge < -0.3 is 24.1 Å². The molecule has 14 heteroatoms. The van der Waals surface area contributed by atoms with Gasteiger partial charge >= 0.3 is 0 Å². The monoisotopic (exact) mass is 695 g/mol. The molecule has 1 N–H and O–H groups in total. The number of amides is 1. The smallest absolute Gasteiger partial charge is 0.271 e. The van der Waals surface area contributed by atoms with Gasteiger partial charge in [-0.15, -0.1) is 0 Å². The van der Waals surface area contributed by atoms with Crippen LogP contribution in [0.5, 0.6) is 11.5 Å². The summed E-state index contributed by atoms with van der Waals surface area (Å²) in [5, 5.41) is 3.11. The molecule has 0 saturated carbocycles. The summed E-state index contributed by atoms with van der Waals surface area (Å²) in [4.78, 5) is 24.0. The Hall–Kier alpha value is -4.17. The number of sulfonamides is 1. The molecule has 2 saturated heterocycles. The SMILES string of the molecule is COc1ccc(S(=O)(=O)N2C(=O)C(c3cc(N4CCNCC4)cc(C)c3OC)(N3CCC[C@H]3c3ncco3)c3cc(Cl)c(F)cc32)cc1. The zero-order valence-corrected chi connectivity index (χ0v) is 28.3. The van der Waals surface area contributed by atoms with E-state index in [1.165, 1.54) is 57.0 Å². The summed E-state index contributed by atoms with van der Waals surface area (Å²) in [6.45, 7) is 5.24. The number of nitrogens with one attached hydrogen (secondary N) is 1. The van der Waals surface area contributed by atoms with Crippen molar-refractivity contribution in [3.63, 3.8) is 0 Å². The molecule has 7 rings (SSSR count). The third-order valence-corrected chi connectivity index (χ3v) is 11.5. The van der Waals surface area contributed by atoms with Crippen LogP contribution >= 0.6 is 11.6 Å². The lowest BCUT2D eigenvalue weighted by Gasteiger charge is -2.42. The Bertz CT molecular complexity index is 1970. The number of anilines is 2. The number of benzene rings is 3. The van der Waals surface area contributed by atoms with E-state index in [0.717, 1.165) is 43.5 Å². The van der Waals surface area contributed by atoms with Gasteiger partial charge in [0.1, 0.15) is 23.6 Å². The number of aromatic nitrogens is 1. The summed E-state index contributed by atoms with van der Waals surface area (Å²) >= 11 is 6.50. The predicted octanol–water partition coefficient (Wildman–Crippen LogP) is 5.02. The number of oxazole rings is 1. The lowest BCUT2D eigenvalue weighted by Crippen LogP contribution is -2.55. The molecular weight excluding hydrogens is 661 g/mol. The highest BCUT2D eigenvalue weighted by atomic mass is 35.5. The minimum Gasteiger partial charge on any atom is -0.497 e. The molecule has 252 valence electrons. The first kappa shape index (κ1) is 32.4. The van der Waals surface area contributed by atoms with E-state index in [4.69, 9.17) is 25.5 Å². The van der Waals surface area contributed by atoms with Gasteiger partial charge in [-0.3, -0.25) is 9.69 Å². The maximum absolute atomic E-state index is 15.6. The van der Waals surface area contributed by atoms with E-state index in [1.54, 1.807) is 0 Å². The number of hydrogen-bond donors (Lipinski definition) is 1. The van der Waals surface area contributed by atoms with E-state index in [-0.39, 0.29) is 21.2 Å². The second-order valence-electron chi connectivity index (χ2n) is 12.0. The molecule has 1 amide bonds. The average Bonchev–Trinajstić information content (AvgIpc) is 3.85. The van der Waals surface area contributed by atoms with Crippen molar-refractivity contribution in [2.24, 2.45) is 0 Å². The summed E-state index contributed by atoms with van der Waals surface area (Å²) in [5.74, 6) is -0.471. The van der Waals surface area contributed by atoms with Crippen molar-refractivity contribution in [2.75, 3.05) is 56.1 Å². The van der Waals surface area contributed by atoms with Crippen LogP contribution in [-0.4, -0.2) is 71.2 Å². The molecule has 0 bridgehead atoms. The first-order chi connectivity index (χ1) is 23.1. The molecule has 3 aliphatic rings. The molecule has 48 heavy (non-hydrogen) atoms. The number of piperazine rings is 1. The van der Waals surface area contributed by atoms with Crippen molar-refractivity contribution in [1.29, 1.82) is 0 Å². The Morgan fingerprint density at radius 1 is 1.04 bits per heavy atom. The number of carbonyl (C=O) groups excluding carboxylic acids is 1. The molecule has 4 heterocycles. The van der Waals surface area contributed by atoms with E-state index in [2.05, 4.69) is 15.2 Å². The van der Waals surface area contributed by atoms with E-state index < -0.39 is 33.3 Å². The van der Waals surface area contributed by atoms with Crippen LogP contribution in [0, 0.1) is 12.7 Å². The van der Waals surface area contributed by atoms with E-state index in [0.29, 0.717) is 46.6 Å². The number of carbonyl (C=O) groups is 1. The summed E-state index contributed by atoms with van der Waals surface area (Å²) < 4.78 is 62.4. The fraction of sp³-hybridized carbons (Fsp3) is 0.353. The molecule has 0 radical (unpaired) electrons. The van der Waals surface area contributed by atoms with E-state index in [9.17, 15) is 8.42 Å². The van der Waals surface area contributed by atoms with Crippen molar-refractivity contribution in [1.82, 2.24) is 15.2 Å². The van der Waals surface area contributed by atoms with Gasteiger partial charge in [0, 0.05) is 55.6 Å². The third kappa shape index (κ3) is 4.94. The maximum atomic E-state index is 15.6. The first-order valence-electron chi connectivity index (χ1n) is 15.7. The average molecular weight is 696 g/mol. The number of rotatable bonds is 8. The summed E-state index contributed by atoms with van der Waals surface area (Å²) in [6.07, 6.45) is 4.22. The summed E-state index contributed by atoms with van der Waals surface area (Å²) in [5.41, 5.74) is 0.233. The van der Waals surface area contributed by atoms with E-state index >= 15 is 9.18 Å². The molecule has 2 fully saturated rings. The number of halogens is 2. The molecule has 2 atom stereocenters. The quantitative estimate of drug-likeness (QED) is 0.269. The highest BCUT2D eigenvalue weighted by molar-refractivity contribution is 7.93. The lowest BCUT2D eigenvalue weighted by molar-refractivity contribution is -0.127. The van der Waals surface area contributed by atoms with Crippen LogP contribution in [0.15, 0.2) is 70.3 Å². The molecule has 3 aromatic carbocycles. The minimum absolute atomic E-state index is 0.136. The second kappa shape index (κ2) is 12.4. The van der Waals surface area contributed by atoms with Crippen LogP contribution in [0.1, 0.15) is 41.5 Å². The third-order valence-electron chi connectivity index (χ3n) is 9.49. The van der Waals surface area contributed by atoms with Crippen molar-refractivity contribution >= 4 is 38.9 Å². The molecule has 11 nitrogen and oxygen atoms in total. The van der Waals surface area contributed by atoms with Gasteiger partial charge in [0.25, 0.3) is 15.9 Å². The Balaban J connectivity index is 1.55. The fourth-order valence-corrected chi connectivity index (χ4v) is 8.99. The highest BCUT2D eigenvalue weighted by Crippen LogP contribution is 2.58. The largest absolute Gasteiger partial charge is 0.497 e. The van der Waals surface area contributed by atoms with Gasteiger partial charge in [0.05, 0.1) is 42.1 Å². The molecule has 3 aliphatic heterocycles. The Kier molecular flexibility index (Phi) is 8.35. The Labute approximate surface area is 283 Å². The number of methoxy groups -OCH3 is 2. The molecular formula is C34H35ClFN5O6S. The van der Waals surface area contributed by atoms with Crippen molar-refractivity contribution in [3.05, 3.63) is 94.4 Å². The van der Waals surface area contributed by atoms with Gasteiger partial charge in [0.2, 0.25) is 5.89 Å². The van der Waals surface area contributed by atoms with Crippen LogP contribution in [0.2, 0.25) is 5.02 Å². The number of likely N-dealkylation sites (tertiary alicyclic amines) is 1. The number of aryl methyl sites for hydroxylation is 1. The molecule has 0 aliphatic carbocycles. The fourth-order valence-electron chi connectivity index (χ4n) is 7.37. The number of nitrogens with zero attached hydrogens (tertiary/aromatic N) is 4. The Morgan fingerprint density at radius 2 is 1.79 bits per heavy atom. The number of ether oxygens (including phenoxy) is 2. The predicted molar refractivity (Wildman–Crippen MR) is 178 cm³/mol.